The van der Waals surface area contributed by atoms with Gasteiger partial charge in [-0.25, -0.2) is 0 Å². The zero-order valence-corrected chi connectivity index (χ0v) is 31.2. The highest BCUT2D eigenvalue weighted by molar-refractivity contribution is 6.19. The Hall–Kier alpha value is -7.82. The molecule has 0 aliphatic heterocycles. The van der Waals surface area contributed by atoms with Crippen LogP contribution < -0.4 is 0 Å². The van der Waals surface area contributed by atoms with E-state index in [0.29, 0.717) is 0 Å². The molecule has 58 heavy (non-hydrogen) atoms. The molecule has 0 aliphatic carbocycles. The first-order valence-corrected chi connectivity index (χ1v) is 19.8. The van der Waals surface area contributed by atoms with Crippen LogP contribution in [0.4, 0.5) is 0 Å². The second-order valence-electron chi connectivity index (χ2n) is 15.2. The Morgan fingerprint density at radius 2 is 0.931 bits per heavy atom. The molecule has 0 aliphatic rings. The number of benzene rings is 9. The van der Waals surface area contributed by atoms with E-state index >= 15 is 0 Å². The topological polar surface area (TPSA) is 36.1 Å². The quantitative estimate of drug-likeness (QED) is 0.180. The molecule has 0 saturated carbocycles. The Kier molecular flexibility index (Phi) is 6.41. The van der Waals surface area contributed by atoms with Gasteiger partial charge in [0.1, 0.15) is 16.7 Å². The molecule has 0 fully saturated rings. The highest BCUT2D eigenvalue weighted by atomic mass is 16.3. The summed E-state index contributed by atoms with van der Waals surface area (Å²) in [5.41, 5.74) is 14.9. The summed E-state index contributed by atoms with van der Waals surface area (Å²) in [6.07, 6.45) is 0. The number of hydrogen-bond acceptors (Lipinski definition) is 2. The van der Waals surface area contributed by atoms with Crippen molar-refractivity contribution in [2.75, 3.05) is 0 Å². The minimum absolute atomic E-state index is 0.875. The molecule has 4 nitrogen and oxygen atoms in total. The van der Waals surface area contributed by atoms with Gasteiger partial charge < -0.3 is 18.0 Å². The Labute approximate surface area is 332 Å². The first kappa shape index (κ1) is 31.4. The Morgan fingerprint density at radius 1 is 0.328 bits per heavy atom. The summed E-state index contributed by atoms with van der Waals surface area (Å²) in [6.45, 7) is 0. The second kappa shape index (κ2) is 11.8. The maximum atomic E-state index is 6.74. The van der Waals surface area contributed by atoms with Gasteiger partial charge in [-0.1, -0.05) is 140 Å². The molecule has 9 aromatic carbocycles. The Bertz CT molecular complexity index is 3800. The molecule has 270 valence electrons. The summed E-state index contributed by atoms with van der Waals surface area (Å²) in [5.74, 6) is 0. The van der Waals surface area contributed by atoms with Crippen molar-refractivity contribution in [1.82, 2.24) is 9.13 Å². The second-order valence-corrected chi connectivity index (χ2v) is 15.2. The normalized spacial score (nSPS) is 12.1. The summed E-state index contributed by atoms with van der Waals surface area (Å²) in [4.78, 5) is 0. The average Bonchev–Trinajstić information content (AvgIpc) is 4.04. The van der Waals surface area contributed by atoms with Gasteiger partial charge in [-0.15, -0.1) is 0 Å². The maximum absolute atomic E-state index is 6.74. The van der Waals surface area contributed by atoms with E-state index in [1.54, 1.807) is 0 Å². The third-order valence-electron chi connectivity index (χ3n) is 12.1. The Morgan fingerprint density at radius 3 is 1.74 bits per heavy atom. The molecule has 0 unspecified atom stereocenters. The van der Waals surface area contributed by atoms with Gasteiger partial charge in [0.2, 0.25) is 0 Å². The lowest BCUT2D eigenvalue weighted by atomic mass is 9.91. The predicted molar refractivity (Wildman–Crippen MR) is 241 cm³/mol. The molecular formula is C54H32N2O2. The van der Waals surface area contributed by atoms with Crippen LogP contribution in [0.25, 0.3) is 121 Å². The highest BCUT2D eigenvalue weighted by Crippen LogP contribution is 2.46. The van der Waals surface area contributed by atoms with Crippen molar-refractivity contribution in [1.29, 1.82) is 0 Å². The molecule has 4 heterocycles. The summed E-state index contributed by atoms with van der Waals surface area (Å²) in [5, 5.41) is 9.26. The molecule has 0 saturated heterocycles. The predicted octanol–water partition coefficient (Wildman–Crippen LogP) is 15.0. The lowest BCUT2D eigenvalue weighted by Gasteiger charge is -2.17. The van der Waals surface area contributed by atoms with E-state index in [-0.39, 0.29) is 0 Å². The summed E-state index contributed by atoms with van der Waals surface area (Å²) in [7, 11) is 0. The number of nitrogens with zero attached hydrogens (tertiary/aromatic N) is 2. The lowest BCUT2D eigenvalue weighted by Crippen LogP contribution is -1.98. The zero-order valence-electron chi connectivity index (χ0n) is 31.2. The van der Waals surface area contributed by atoms with Crippen molar-refractivity contribution in [2.24, 2.45) is 0 Å². The van der Waals surface area contributed by atoms with Crippen molar-refractivity contribution < 1.29 is 8.83 Å². The molecule has 0 atom stereocenters. The van der Waals surface area contributed by atoms with Crippen LogP contribution in [-0.2, 0) is 0 Å². The number of aromatic nitrogens is 2. The van der Waals surface area contributed by atoms with Crippen LogP contribution in [0.1, 0.15) is 0 Å². The van der Waals surface area contributed by atoms with Gasteiger partial charge in [0.25, 0.3) is 0 Å². The van der Waals surface area contributed by atoms with Gasteiger partial charge in [-0.05, 0) is 71.3 Å². The summed E-state index contributed by atoms with van der Waals surface area (Å²) < 4.78 is 17.9. The number of fused-ring (bicyclic) bond motifs is 12. The molecule has 13 aromatic rings. The SMILES string of the molecule is c1ccc(-c2ccc3c4ccccc4n(-c4cccc5c4oc4ccccc45)c3c2-c2ccc3c4ccccc4n(-c4ccc5oc6ccccc6c5c4)c3c2)cc1. The van der Waals surface area contributed by atoms with E-state index in [0.717, 1.165) is 88.4 Å². The minimum Gasteiger partial charge on any atom is -0.456 e. The van der Waals surface area contributed by atoms with Crippen molar-refractivity contribution >= 4 is 87.5 Å². The first-order chi connectivity index (χ1) is 28.8. The average molecular weight is 741 g/mol. The first-order valence-electron chi connectivity index (χ1n) is 19.8. The summed E-state index contributed by atoms with van der Waals surface area (Å²) in [6, 6.07) is 69.7. The number of hydrogen-bond donors (Lipinski definition) is 0. The van der Waals surface area contributed by atoms with Gasteiger partial charge in [-0.3, -0.25) is 0 Å². The van der Waals surface area contributed by atoms with Crippen LogP contribution in [0.3, 0.4) is 0 Å². The van der Waals surface area contributed by atoms with Gasteiger partial charge in [-0.2, -0.15) is 0 Å². The zero-order chi connectivity index (χ0) is 37.9. The molecule has 4 aromatic heterocycles. The third kappa shape index (κ3) is 4.34. The molecule has 0 radical (unpaired) electrons. The lowest BCUT2D eigenvalue weighted by molar-refractivity contribution is 0.666. The molecule has 0 N–H and O–H groups in total. The fraction of sp³-hybridized carbons (Fsp3) is 0. The van der Waals surface area contributed by atoms with E-state index in [9.17, 15) is 0 Å². The van der Waals surface area contributed by atoms with Crippen molar-refractivity contribution in [3.63, 3.8) is 0 Å². The molecule has 4 heteroatoms. The van der Waals surface area contributed by atoms with Crippen LogP contribution in [0.2, 0.25) is 0 Å². The smallest absolute Gasteiger partial charge is 0.159 e. The fourth-order valence-corrected chi connectivity index (χ4v) is 9.62. The van der Waals surface area contributed by atoms with Crippen molar-refractivity contribution in [2.45, 2.75) is 0 Å². The molecule has 0 amide bonds. The largest absolute Gasteiger partial charge is 0.456 e. The van der Waals surface area contributed by atoms with Gasteiger partial charge in [0.05, 0.1) is 27.8 Å². The van der Waals surface area contributed by atoms with Crippen LogP contribution in [0.5, 0.6) is 0 Å². The molecule has 0 spiro atoms. The highest BCUT2D eigenvalue weighted by Gasteiger charge is 2.24. The molecule has 13 rings (SSSR count). The minimum atomic E-state index is 0.875. The van der Waals surface area contributed by atoms with Gasteiger partial charge in [0, 0.05) is 54.3 Å². The van der Waals surface area contributed by atoms with Crippen molar-refractivity contribution in [3.05, 3.63) is 194 Å². The maximum Gasteiger partial charge on any atom is 0.159 e. The Balaban J connectivity index is 1.16. The van der Waals surface area contributed by atoms with E-state index < -0.39 is 0 Å². The van der Waals surface area contributed by atoms with Crippen LogP contribution in [-0.4, -0.2) is 9.13 Å². The van der Waals surface area contributed by atoms with E-state index in [1.807, 2.05) is 18.2 Å². The molecule has 0 bridgehead atoms. The fourth-order valence-electron chi connectivity index (χ4n) is 9.62. The van der Waals surface area contributed by atoms with Crippen LogP contribution in [0.15, 0.2) is 203 Å². The van der Waals surface area contributed by atoms with Gasteiger partial charge >= 0.3 is 0 Å². The molecular weight excluding hydrogens is 709 g/mol. The van der Waals surface area contributed by atoms with Crippen LogP contribution in [0, 0.1) is 0 Å². The van der Waals surface area contributed by atoms with Crippen LogP contribution >= 0.6 is 0 Å². The number of para-hydroxylation sites is 5. The van der Waals surface area contributed by atoms with Crippen molar-refractivity contribution in [3.8, 4) is 33.6 Å². The standard InChI is InChI=1S/C54H32N2O2/c1-2-13-33(14-3-1)36-28-29-42-38-16-5-9-21-46(38)56(47-22-12-19-43-40-17-6-11-24-50(40)58-54(43)47)53(42)52(36)34-25-27-39-37-15-4-8-20-45(37)55(48(39)31-34)35-26-30-51-44(32-35)41-18-7-10-23-49(41)57-51/h1-32H. The number of furan rings is 2. The van der Waals surface area contributed by atoms with E-state index in [2.05, 4.69) is 185 Å². The summed E-state index contributed by atoms with van der Waals surface area (Å²) >= 11 is 0. The number of rotatable bonds is 4. The third-order valence-corrected chi connectivity index (χ3v) is 12.1. The van der Waals surface area contributed by atoms with E-state index in [1.165, 1.54) is 32.7 Å². The van der Waals surface area contributed by atoms with E-state index in [4.69, 9.17) is 8.83 Å². The van der Waals surface area contributed by atoms with Gasteiger partial charge in [0.15, 0.2) is 5.58 Å². The monoisotopic (exact) mass is 740 g/mol.